The predicted molar refractivity (Wildman–Crippen MR) is 104 cm³/mol. The summed E-state index contributed by atoms with van der Waals surface area (Å²) >= 11 is 0. The molecule has 8 nitrogen and oxygen atoms in total. The van der Waals surface area contributed by atoms with E-state index in [2.05, 4.69) is 16.0 Å². The number of esters is 1. The van der Waals surface area contributed by atoms with Crippen molar-refractivity contribution in [2.75, 3.05) is 19.7 Å². The molecule has 3 N–H and O–H groups in total. The summed E-state index contributed by atoms with van der Waals surface area (Å²) in [5, 5.41) is 8.19. The van der Waals surface area contributed by atoms with Crippen LogP contribution in [0.1, 0.15) is 62.3 Å². The van der Waals surface area contributed by atoms with Crippen LogP contribution in [0.2, 0.25) is 0 Å². The third-order valence-electron chi connectivity index (χ3n) is 3.72. The summed E-state index contributed by atoms with van der Waals surface area (Å²) in [6, 6.07) is -0.760. The largest absolute Gasteiger partial charge is 0.466 e. The minimum Gasteiger partial charge on any atom is -0.466 e. The number of carbonyl (C=O) groups excluding carboxylic acids is 3. The van der Waals surface area contributed by atoms with E-state index < -0.39 is 23.1 Å². The molecule has 0 aromatic heterocycles. The minimum absolute atomic E-state index is 0.136. The second kappa shape index (κ2) is 9.80. The first-order valence-electron chi connectivity index (χ1n) is 9.27. The smallest absolute Gasteiger partial charge is 0.407 e. The molecule has 0 aromatic rings. The van der Waals surface area contributed by atoms with Crippen molar-refractivity contribution in [1.82, 2.24) is 16.0 Å². The van der Waals surface area contributed by atoms with Crippen LogP contribution in [0.15, 0.2) is 0 Å². The number of alkyl carbamates (subject to hydrolysis) is 1. The van der Waals surface area contributed by atoms with Crippen molar-refractivity contribution in [3.8, 4) is 0 Å². The molecular weight excluding hydrogens is 350 g/mol. The number of hydrogen-bond acceptors (Lipinski definition) is 5. The van der Waals surface area contributed by atoms with E-state index in [1.807, 2.05) is 20.8 Å². The molecule has 0 aliphatic heterocycles. The number of amides is 3. The molecule has 0 fully saturated rings. The Labute approximate surface area is 163 Å². The Morgan fingerprint density at radius 2 is 1.48 bits per heavy atom. The van der Waals surface area contributed by atoms with E-state index in [9.17, 15) is 14.4 Å². The summed E-state index contributed by atoms with van der Waals surface area (Å²) in [6.07, 6.45) is -0.534. The van der Waals surface area contributed by atoms with E-state index in [0.29, 0.717) is 0 Å². The van der Waals surface area contributed by atoms with Crippen LogP contribution in [0.25, 0.3) is 0 Å². The molecular formula is C19H37N3O5. The summed E-state index contributed by atoms with van der Waals surface area (Å²) in [6.45, 7) is 17.0. The first-order chi connectivity index (χ1) is 12.1. The van der Waals surface area contributed by atoms with Gasteiger partial charge >= 0.3 is 18.1 Å². The topological polar surface area (TPSA) is 106 Å². The summed E-state index contributed by atoms with van der Waals surface area (Å²) in [5.74, 6) is -0.371. The zero-order chi connectivity index (χ0) is 21.5. The quantitative estimate of drug-likeness (QED) is 0.583. The maximum atomic E-state index is 12.1. The molecule has 8 heteroatoms. The van der Waals surface area contributed by atoms with Gasteiger partial charge in [0.2, 0.25) is 0 Å². The van der Waals surface area contributed by atoms with Gasteiger partial charge in [-0.1, -0.05) is 20.8 Å². The first-order valence-corrected chi connectivity index (χ1v) is 9.27. The molecule has 0 aliphatic rings. The van der Waals surface area contributed by atoms with Crippen molar-refractivity contribution >= 4 is 18.1 Å². The summed E-state index contributed by atoms with van der Waals surface area (Å²) in [7, 11) is 0. The molecule has 0 bridgehead atoms. The van der Waals surface area contributed by atoms with Crippen molar-refractivity contribution in [1.29, 1.82) is 0 Å². The average molecular weight is 388 g/mol. The molecule has 0 saturated carbocycles. The molecule has 0 spiro atoms. The van der Waals surface area contributed by atoms with Gasteiger partial charge in [-0.25, -0.2) is 9.59 Å². The number of ether oxygens (including phenoxy) is 2. The van der Waals surface area contributed by atoms with E-state index in [0.717, 1.165) is 0 Å². The molecule has 0 saturated heterocycles. The molecule has 0 heterocycles. The highest BCUT2D eigenvalue weighted by atomic mass is 16.6. The molecule has 27 heavy (non-hydrogen) atoms. The number of carbonyl (C=O) groups is 3. The highest BCUT2D eigenvalue weighted by Gasteiger charge is 2.31. The van der Waals surface area contributed by atoms with Crippen molar-refractivity contribution in [3.05, 3.63) is 0 Å². The lowest BCUT2D eigenvalue weighted by molar-refractivity contribution is -0.153. The lowest BCUT2D eigenvalue weighted by Crippen LogP contribution is -2.53. The molecule has 0 rings (SSSR count). The Bertz CT molecular complexity index is 518. The average Bonchev–Trinajstić information content (AvgIpc) is 2.46. The molecule has 1 atom stereocenters. The highest BCUT2D eigenvalue weighted by molar-refractivity contribution is 5.78. The predicted octanol–water partition coefficient (Wildman–Crippen LogP) is 2.81. The molecule has 0 aromatic carbocycles. The molecule has 3 amide bonds. The van der Waals surface area contributed by atoms with Crippen LogP contribution < -0.4 is 16.0 Å². The fourth-order valence-corrected chi connectivity index (χ4v) is 1.98. The van der Waals surface area contributed by atoms with E-state index in [1.54, 1.807) is 41.5 Å². The van der Waals surface area contributed by atoms with Gasteiger partial charge in [-0.2, -0.15) is 0 Å². The normalized spacial score (nSPS) is 13.4. The fraction of sp³-hybridized carbons (Fsp3) is 0.842. The molecule has 0 unspecified atom stereocenters. The molecule has 0 aliphatic carbocycles. The lowest BCUT2D eigenvalue weighted by atomic mass is 9.87. The van der Waals surface area contributed by atoms with Gasteiger partial charge in [0.1, 0.15) is 5.60 Å². The van der Waals surface area contributed by atoms with Gasteiger partial charge in [0.05, 0.1) is 18.1 Å². The zero-order valence-electron chi connectivity index (χ0n) is 18.2. The van der Waals surface area contributed by atoms with Crippen LogP contribution >= 0.6 is 0 Å². The van der Waals surface area contributed by atoms with Crippen LogP contribution in [0.4, 0.5) is 9.59 Å². The van der Waals surface area contributed by atoms with Crippen LogP contribution in [0, 0.1) is 10.8 Å². The van der Waals surface area contributed by atoms with Gasteiger partial charge in [0.25, 0.3) is 0 Å². The number of hydrogen-bond donors (Lipinski definition) is 3. The number of rotatable bonds is 7. The second-order valence-corrected chi connectivity index (χ2v) is 9.23. The Morgan fingerprint density at radius 1 is 0.926 bits per heavy atom. The van der Waals surface area contributed by atoms with E-state index in [4.69, 9.17) is 9.47 Å². The van der Waals surface area contributed by atoms with Gasteiger partial charge in [0.15, 0.2) is 0 Å². The van der Waals surface area contributed by atoms with Gasteiger partial charge in [-0.15, -0.1) is 0 Å². The first kappa shape index (κ1) is 25.0. The lowest BCUT2D eigenvalue weighted by Gasteiger charge is -2.32. The summed E-state index contributed by atoms with van der Waals surface area (Å²) in [5.41, 5.74) is -1.73. The maximum Gasteiger partial charge on any atom is 0.407 e. The van der Waals surface area contributed by atoms with Crippen molar-refractivity contribution in [2.24, 2.45) is 10.8 Å². The van der Waals surface area contributed by atoms with Crippen LogP contribution in [-0.2, 0) is 14.3 Å². The van der Waals surface area contributed by atoms with Gasteiger partial charge in [0, 0.05) is 13.1 Å². The maximum absolute atomic E-state index is 12.1. The standard InChI is InChI=1S/C19H37N3O5/c1-10-26-14(23)19(8,9)12-21-15(24)20-11-13(17(2,3)4)22-16(25)27-18(5,6)7/h13H,10-12H2,1-9H3,(H,22,25)(H2,20,21,24)/t13-/m1/s1. The Kier molecular flexibility index (Phi) is 9.08. The van der Waals surface area contributed by atoms with E-state index in [-0.39, 0.29) is 37.1 Å². The Morgan fingerprint density at radius 3 is 1.93 bits per heavy atom. The SMILES string of the molecule is CCOC(=O)C(C)(C)CNC(=O)NC[C@@H](NC(=O)OC(C)(C)C)C(C)(C)C. The van der Waals surface area contributed by atoms with Crippen molar-refractivity contribution < 1.29 is 23.9 Å². The van der Waals surface area contributed by atoms with Gasteiger partial charge < -0.3 is 25.4 Å². The fourth-order valence-electron chi connectivity index (χ4n) is 1.98. The van der Waals surface area contributed by atoms with Crippen LogP contribution in [0.5, 0.6) is 0 Å². The van der Waals surface area contributed by atoms with Crippen molar-refractivity contribution in [2.45, 2.75) is 74.0 Å². The van der Waals surface area contributed by atoms with E-state index in [1.165, 1.54) is 0 Å². The number of urea groups is 1. The van der Waals surface area contributed by atoms with Crippen molar-refractivity contribution in [3.63, 3.8) is 0 Å². The Balaban J connectivity index is 4.65. The van der Waals surface area contributed by atoms with Gasteiger partial charge in [-0.3, -0.25) is 4.79 Å². The summed E-state index contributed by atoms with van der Waals surface area (Å²) in [4.78, 5) is 36.0. The van der Waals surface area contributed by atoms with Gasteiger partial charge in [-0.05, 0) is 47.0 Å². The zero-order valence-corrected chi connectivity index (χ0v) is 18.2. The van der Waals surface area contributed by atoms with Crippen LogP contribution in [0.3, 0.4) is 0 Å². The third-order valence-corrected chi connectivity index (χ3v) is 3.72. The van der Waals surface area contributed by atoms with Crippen LogP contribution in [-0.4, -0.2) is 49.4 Å². The molecule has 158 valence electrons. The number of nitrogens with one attached hydrogen (secondary N) is 3. The third kappa shape index (κ3) is 10.7. The minimum atomic E-state index is -0.828. The Hall–Kier alpha value is -1.99. The monoisotopic (exact) mass is 387 g/mol. The second-order valence-electron chi connectivity index (χ2n) is 9.23. The van der Waals surface area contributed by atoms with E-state index >= 15 is 0 Å². The summed E-state index contributed by atoms with van der Waals surface area (Å²) < 4.78 is 10.3. The highest BCUT2D eigenvalue weighted by Crippen LogP contribution is 2.20. The molecule has 0 radical (unpaired) electrons.